The van der Waals surface area contributed by atoms with E-state index in [2.05, 4.69) is 17.6 Å². The van der Waals surface area contributed by atoms with Crippen LogP contribution in [0.2, 0.25) is 0 Å². The second-order valence-electron chi connectivity index (χ2n) is 4.23. The van der Waals surface area contributed by atoms with Gasteiger partial charge in [-0.15, -0.1) is 0 Å². The quantitative estimate of drug-likeness (QED) is 0.693. The van der Waals surface area contributed by atoms with E-state index in [1.165, 1.54) is 0 Å². The molecule has 2 N–H and O–H groups in total. The van der Waals surface area contributed by atoms with Gasteiger partial charge in [-0.2, -0.15) is 0 Å². The van der Waals surface area contributed by atoms with E-state index in [1.807, 2.05) is 4.90 Å². The molecule has 0 aromatic rings. The Morgan fingerprint density at radius 2 is 2.43 bits per heavy atom. The molecule has 14 heavy (non-hydrogen) atoms. The van der Waals surface area contributed by atoms with Crippen LogP contribution in [-0.4, -0.2) is 42.6 Å². The summed E-state index contributed by atoms with van der Waals surface area (Å²) in [6.45, 7) is 5.07. The summed E-state index contributed by atoms with van der Waals surface area (Å²) in [6, 6.07) is 0.946. The van der Waals surface area contributed by atoms with E-state index in [0.29, 0.717) is 12.1 Å². The third kappa shape index (κ3) is 1.85. The van der Waals surface area contributed by atoms with Gasteiger partial charge in [0.25, 0.3) is 0 Å². The first kappa shape index (κ1) is 9.77. The van der Waals surface area contributed by atoms with Crippen molar-refractivity contribution in [3.05, 3.63) is 0 Å². The molecule has 2 atom stereocenters. The summed E-state index contributed by atoms with van der Waals surface area (Å²) in [6.07, 6.45) is 3.34. The number of nitrogens with one attached hydrogen (secondary N) is 2. The van der Waals surface area contributed by atoms with Gasteiger partial charge in [-0.05, 0) is 19.4 Å². The van der Waals surface area contributed by atoms with Crippen molar-refractivity contribution in [1.29, 1.82) is 0 Å². The summed E-state index contributed by atoms with van der Waals surface area (Å²) in [4.78, 5) is 13.6. The molecule has 0 radical (unpaired) electrons. The molecule has 2 fully saturated rings. The van der Waals surface area contributed by atoms with E-state index in [-0.39, 0.29) is 6.03 Å². The van der Waals surface area contributed by atoms with Crippen LogP contribution in [0.15, 0.2) is 0 Å². The van der Waals surface area contributed by atoms with E-state index in [4.69, 9.17) is 0 Å². The number of carbonyl (C=O) groups excluding carboxylic acids is 1. The third-order valence-corrected chi connectivity index (χ3v) is 3.12. The van der Waals surface area contributed by atoms with Crippen molar-refractivity contribution < 1.29 is 4.79 Å². The maximum atomic E-state index is 11.6. The standard InChI is InChI=1S/C10H19N3O/c1-2-3-8-7-13(10(14)12-8)9-4-5-11-6-9/h8-9,11H,2-7H2,1H3,(H,12,14). The van der Waals surface area contributed by atoms with Crippen LogP contribution in [0.25, 0.3) is 0 Å². The molecule has 0 spiro atoms. The minimum absolute atomic E-state index is 0.136. The highest BCUT2D eigenvalue weighted by Crippen LogP contribution is 2.16. The van der Waals surface area contributed by atoms with Gasteiger partial charge in [0, 0.05) is 25.2 Å². The Labute approximate surface area is 85.0 Å². The largest absolute Gasteiger partial charge is 0.333 e. The fourth-order valence-corrected chi connectivity index (χ4v) is 2.36. The molecule has 4 heteroatoms. The SMILES string of the molecule is CCCC1CN(C2CCNC2)C(=O)N1. The number of amides is 2. The molecule has 2 heterocycles. The summed E-state index contributed by atoms with van der Waals surface area (Å²) in [5, 5.41) is 6.34. The molecule has 0 aromatic heterocycles. The Hall–Kier alpha value is -0.770. The lowest BCUT2D eigenvalue weighted by molar-refractivity contribution is 0.201. The Morgan fingerprint density at radius 3 is 3.07 bits per heavy atom. The topological polar surface area (TPSA) is 44.4 Å². The zero-order valence-corrected chi connectivity index (χ0v) is 8.75. The summed E-state index contributed by atoms with van der Waals surface area (Å²) in [5.41, 5.74) is 0. The van der Waals surface area contributed by atoms with Crippen LogP contribution < -0.4 is 10.6 Å². The van der Waals surface area contributed by atoms with Gasteiger partial charge >= 0.3 is 6.03 Å². The van der Waals surface area contributed by atoms with Gasteiger partial charge in [0.05, 0.1) is 0 Å². The number of carbonyl (C=O) groups is 1. The van der Waals surface area contributed by atoms with Crippen molar-refractivity contribution in [2.24, 2.45) is 0 Å². The molecule has 2 unspecified atom stereocenters. The van der Waals surface area contributed by atoms with Crippen LogP contribution >= 0.6 is 0 Å². The van der Waals surface area contributed by atoms with E-state index >= 15 is 0 Å². The minimum atomic E-state index is 0.136. The zero-order chi connectivity index (χ0) is 9.97. The van der Waals surface area contributed by atoms with Crippen LogP contribution in [0.3, 0.4) is 0 Å². The Morgan fingerprint density at radius 1 is 1.57 bits per heavy atom. The van der Waals surface area contributed by atoms with E-state index in [1.54, 1.807) is 0 Å². The molecule has 0 saturated carbocycles. The molecule has 0 aromatic carbocycles. The van der Waals surface area contributed by atoms with E-state index in [0.717, 1.165) is 38.9 Å². The molecule has 0 bridgehead atoms. The molecule has 0 aliphatic carbocycles. The number of hydrogen-bond acceptors (Lipinski definition) is 2. The Balaban J connectivity index is 1.90. The van der Waals surface area contributed by atoms with Gasteiger partial charge in [-0.3, -0.25) is 0 Å². The Bertz CT molecular complexity index is 213. The van der Waals surface area contributed by atoms with Crippen molar-refractivity contribution in [2.75, 3.05) is 19.6 Å². The highest BCUT2D eigenvalue weighted by atomic mass is 16.2. The van der Waals surface area contributed by atoms with Crippen molar-refractivity contribution in [3.8, 4) is 0 Å². The first-order valence-corrected chi connectivity index (χ1v) is 5.59. The molecule has 2 saturated heterocycles. The second-order valence-corrected chi connectivity index (χ2v) is 4.23. The van der Waals surface area contributed by atoms with Crippen LogP contribution in [-0.2, 0) is 0 Å². The lowest BCUT2D eigenvalue weighted by Gasteiger charge is -2.21. The number of urea groups is 1. The monoisotopic (exact) mass is 197 g/mol. The third-order valence-electron chi connectivity index (χ3n) is 3.12. The predicted octanol–water partition coefficient (Wildman–Crippen LogP) is 0.542. The summed E-state index contributed by atoms with van der Waals surface area (Å²) in [7, 11) is 0. The molecular weight excluding hydrogens is 178 g/mol. The van der Waals surface area contributed by atoms with Gasteiger partial charge in [-0.25, -0.2) is 4.79 Å². The molecule has 2 aliphatic heterocycles. The van der Waals surface area contributed by atoms with Gasteiger partial charge in [0.2, 0.25) is 0 Å². The molecule has 2 aliphatic rings. The lowest BCUT2D eigenvalue weighted by Crippen LogP contribution is -2.39. The normalized spacial score (nSPS) is 32.4. The summed E-state index contributed by atoms with van der Waals surface area (Å²) < 4.78 is 0. The van der Waals surface area contributed by atoms with Crippen LogP contribution in [0.4, 0.5) is 4.79 Å². The summed E-state index contributed by atoms with van der Waals surface area (Å²) >= 11 is 0. The van der Waals surface area contributed by atoms with Crippen LogP contribution in [0, 0.1) is 0 Å². The molecule has 2 amide bonds. The minimum Gasteiger partial charge on any atom is -0.333 e. The van der Waals surface area contributed by atoms with E-state index < -0.39 is 0 Å². The van der Waals surface area contributed by atoms with E-state index in [9.17, 15) is 4.79 Å². The lowest BCUT2D eigenvalue weighted by atomic mass is 10.1. The van der Waals surface area contributed by atoms with Crippen molar-refractivity contribution in [1.82, 2.24) is 15.5 Å². The Kier molecular flexibility index (Phi) is 2.91. The molecular formula is C10H19N3O. The molecule has 2 rings (SSSR count). The maximum Gasteiger partial charge on any atom is 0.318 e. The van der Waals surface area contributed by atoms with Gasteiger partial charge in [0.15, 0.2) is 0 Å². The van der Waals surface area contributed by atoms with Crippen LogP contribution in [0.1, 0.15) is 26.2 Å². The number of hydrogen-bond donors (Lipinski definition) is 2. The van der Waals surface area contributed by atoms with Crippen molar-refractivity contribution in [2.45, 2.75) is 38.3 Å². The fourth-order valence-electron chi connectivity index (χ4n) is 2.36. The predicted molar refractivity (Wildman–Crippen MR) is 55.2 cm³/mol. The average molecular weight is 197 g/mol. The number of nitrogens with zero attached hydrogens (tertiary/aromatic N) is 1. The fraction of sp³-hybridized carbons (Fsp3) is 0.900. The smallest absolute Gasteiger partial charge is 0.318 e. The second kappa shape index (κ2) is 4.17. The van der Waals surface area contributed by atoms with Gasteiger partial charge < -0.3 is 15.5 Å². The van der Waals surface area contributed by atoms with Crippen molar-refractivity contribution in [3.63, 3.8) is 0 Å². The number of rotatable bonds is 3. The molecule has 4 nitrogen and oxygen atoms in total. The first-order chi connectivity index (χ1) is 6.81. The zero-order valence-electron chi connectivity index (χ0n) is 8.75. The summed E-state index contributed by atoms with van der Waals surface area (Å²) in [5.74, 6) is 0. The van der Waals surface area contributed by atoms with Crippen molar-refractivity contribution >= 4 is 6.03 Å². The highest BCUT2D eigenvalue weighted by Gasteiger charge is 2.34. The van der Waals surface area contributed by atoms with Crippen LogP contribution in [0.5, 0.6) is 0 Å². The average Bonchev–Trinajstić information content (AvgIpc) is 2.74. The first-order valence-electron chi connectivity index (χ1n) is 5.59. The van der Waals surface area contributed by atoms with Gasteiger partial charge in [-0.1, -0.05) is 13.3 Å². The van der Waals surface area contributed by atoms with Gasteiger partial charge in [0.1, 0.15) is 0 Å². The highest BCUT2D eigenvalue weighted by molar-refractivity contribution is 5.77. The maximum absolute atomic E-state index is 11.6. The molecule has 80 valence electrons.